The Kier molecular flexibility index (Phi) is 4.50. The number of benzene rings is 1. The topological polar surface area (TPSA) is 96.6 Å². The first-order chi connectivity index (χ1) is 10.1. The SMILES string of the molecule is O=C(N[C@H](Cc1ccccc1)C(=O)O)c1ccc(=O)oc1. The molecule has 0 aliphatic rings. The average Bonchev–Trinajstić information content (AvgIpc) is 2.48. The Labute approximate surface area is 120 Å². The van der Waals surface area contributed by atoms with Gasteiger partial charge in [-0.1, -0.05) is 30.3 Å². The van der Waals surface area contributed by atoms with Gasteiger partial charge in [0.2, 0.25) is 0 Å². The van der Waals surface area contributed by atoms with Crippen LogP contribution in [0.5, 0.6) is 0 Å². The van der Waals surface area contributed by atoms with E-state index in [1.807, 2.05) is 6.07 Å². The lowest BCUT2D eigenvalue weighted by Gasteiger charge is -2.14. The van der Waals surface area contributed by atoms with Gasteiger partial charge in [-0.25, -0.2) is 9.59 Å². The molecular formula is C15H13NO5. The van der Waals surface area contributed by atoms with Gasteiger partial charge in [-0.05, 0) is 11.6 Å². The molecule has 2 rings (SSSR count). The van der Waals surface area contributed by atoms with Gasteiger partial charge < -0.3 is 14.8 Å². The fourth-order valence-corrected chi connectivity index (χ4v) is 1.78. The van der Waals surface area contributed by atoms with Gasteiger partial charge in [-0.15, -0.1) is 0 Å². The summed E-state index contributed by atoms with van der Waals surface area (Å²) in [5.74, 6) is -1.74. The van der Waals surface area contributed by atoms with Gasteiger partial charge in [0.15, 0.2) is 0 Å². The number of rotatable bonds is 5. The lowest BCUT2D eigenvalue weighted by molar-refractivity contribution is -0.139. The molecule has 2 N–H and O–H groups in total. The lowest BCUT2D eigenvalue weighted by Crippen LogP contribution is -2.42. The summed E-state index contributed by atoms with van der Waals surface area (Å²) >= 11 is 0. The van der Waals surface area contributed by atoms with E-state index in [0.29, 0.717) is 0 Å². The van der Waals surface area contributed by atoms with Crippen molar-refractivity contribution in [3.8, 4) is 0 Å². The third kappa shape index (κ3) is 4.04. The molecule has 0 bridgehead atoms. The standard InChI is InChI=1S/C15H13NO5/c17-13-7-6-11(9-21-13)14(18)16-12(15(19)20)8-10-4-2-1-3-5-10/h1-7,9,12H,8H2,(H,16,18)(H,19,20)/t12-/m1/s1. The first-order valence-electron chi connectivity index (χ1n) is 6.22. The Bertz CT molecular complexity index is 672. The summed E-state index contributed by atoms with van der Waals surface area (Å²) in [6, 6.07) is 10.3. The third-order valence-corrected chi connectivity index (χ3v) is 2.85. The molecule has 0 saturated heterocycles. The van der Waals surface area contributed by atoms with Crippen molar-refractivity contribution < 1.29 is 19.1 Å². The Balaban J connectivity index is 2.09. The van der Waals surface area contributed by atoms with Crippen LogP contribution in [0.25, 0.3) is 0 Å². The summed E-state index contributed by atoms with van der Waals surface area (Å²) in [4.78, 5) is 34.0. The summed E-state index contributed by atoms with van der Waals surface area (Å²) < 4.78 is 4.58. The minimum absolute atomic E-state index is 0.0916. The van der Waals surface area contributed by atoms with Gasteiger partial charge in [0.1, 0.15) is 12.3 Å². The van der Waals surface area contributed by atoms with Crippen molar-refractivity contribution in [1.82, 2.24) is 5.32 Å². The quantitative estimate of drug-likeness (QED) is 0.857. The highest BCUT2D eigenvalue weighted by Gasteiger charge is 2.21. The molecule has 0 radical (unpaired) electrons. The number of carboxylic acids is 1. The molecule has 1 aromatic heterocycles. The number of aliphatic carboxylic acids is 1. The van der Waals surface area contributed by atoms with Gasteiger partial charge in [-0.3, -0.25) is 4.79 Å². The fraction of sp³-hybridized carbons (Fsp3) is 0.133. The van der Waals surface area contributed by atoms with Crippen LogP contribution in [0.3, 0.4) is 0 Å². The van der Waals surface area contributed by atoms with E-state index in [1.54, 1.807) is 24.3 Å². The summed E-state index contributed by atoms with van der Waals surface area (Å²) in [6.45, 7) is 0. The number of amides is 1. The van der Waals surface area contributed by atoms with Crippen LogP contribution in [0.15, 0.2) is 57.9 Å². The van der Waals surface area contributed by atoms with Gasteiger partial charge in [0.05, 0.1) is 5.56 Å². The Morgan fingerprint density at radius 3 is 2.43 bits per heavy atom. The summed E-state index contributed by atoms with van der Waals surface area (Å²) in [6.07, 6.45) is 1.16. The summed E-state index contributed by atoms with van der Waals surface area (Å²) in [7, 11) is 0. The van der Waals surface area contributed by atoms with Gasteiger partial charge in [0.25, 0.3) is 5.91 Å². The van der Waals surface area contributed by atoms with Gasteiger partial charge in [0, 0.05) is 12.5 Å². The molecule has 1 amide bonds. The first-order valence-corrected chi connectivity index (χ1v) is 6.22. The van der Waals surface area contributed by atoms with Crippen LogP contribution in [0.4, 0.5) is 0 Å². The third-order valence-electron chi connectivity index (χ3n) is 2.85. The summed E-state index contributed by atoms with van der Waals surface area (Å²) in [5.41, 5.74) is 0.310. The molecular weight excluding hydrogens is 274 g/mol. The van der Waals surface area contributed by atoms with Crippen LogP contribution in [0.2, 0.25) is 0 Å². The molecule has 6 heteroatoms. The highest BCUT2D eigenvalue weighted by molar-refractivity contribution is 5.96. The number of carbonyl (C=O) groups excluding carboxylic acids is 1. The zero-order valence-corrected chi connectivity index (χ0v) is 11.0. The Morgan fingerprint density at radius 1 is 1.14 bits per heavy atom. The van der Waals surface area contributed by atoms with Gasteiger partial charge >= 0.3 is 11.6 Å². The molecule has 0 aliphatic carbocycles. The minimum Gasteiger partial charge on any atom is -0.480 e. The van der Waals surface area contributed by atoms with E-state index in [-0.39, 0.29) is 12.0 Å². The normalized spacial score (nSPS) is 11.6. The van der Waals surface area contributed by atoms with Crippen LogP contribution in [0, 0.1) is 0 Å². The fourth-order valence-electron chi connectivity index (χ4n) is 1.78. The van der Waals surface area contributed by atoms with Crippen molar-refractivity contribution in [2.24, 2.45) is 0 Å². The molecule has 6 nitrogen and oxygen atoms in total. The molecule has 0 spiro atoms. The minimum atomic E-state index is -1.13. The molecule has 0 unspecified atom stereocenters. The highest BCUT2D eigenvalue weighted by Crippen LogP contribution is 2.05. The smallest absolute Gasteiger partial charge is 0.335 e. The molecule has 1 atom stereocenters. The van der Waals surface area contributed by atoms with Crippen LogP contribution in [-0.4, -0.2) is 23.0 Å². The van der Waals surface area contributed by atoms with E-state index in [9.17, 15) is 19.5 Å². The van der Waals surface area contributed by atoms with Crippen LogP contribution in [-0.2, 0) is 11.2 Å². The molecule has 0 fully saturated rings. The molecule has 0 aliphatic heterocycles. The van der Waals surface area contributed by atoms with Crippen LogP contribution in [0.1, 0.15) is 15.9 Å². The second-order valence-corrected chi connectivity index (χ2v) is 4.40. The van der Waals surface area contributed by atoms with E-state index in [4.69, 9.17) is 0 Å². The van der Waals surface area contributed by atoms with E-state index in [1.165, 1.54) is 6.07 Å². The van der Waals surface area contributed by atoms with Crippen molar-refractivity contribution in [2.45, 2.75) is 12.5 Å². The maximum atomic E-state index is 11.9. The Morgan fingerprint density at radius 2 is 1.86 bits per heavy atom. The number of nitrogens with one attached hydrogen (secondary N) is 1. The highest BCUT2D eigenvalue weighted by atomic mass is 16.4. The molecule has 1 heterocycles. The number of carboxylic acid groups (broad SMARTS) is 1. The molecule has 1 aromatic carbocycles. The first kappa shape index (κ1) is 14.5. The zero-order valence-electron chi connectivity index (χ0n) is 11.0. The van der Waals surface area contributed by atoms with Gasteiger partial charge in [-0.2, -0.15) is 0 Å². The monoisotopic (exact) mass is 287 g/mol. The average molecular weight is 287 g/mol. The number of hydrogen-bond acceptors (Lipinski definition) is 4. The maximum absolute atomic E-state index is 11.9. The largest absolute Gasteiger partial charge is 0.480 e. The maximum Gasteiger partial charge on any atom is 0.335 e. The van der Waals surface area contributed by atoms with E-state index in [2.05, 4.69) is 9.73 Å². The van der Waals surface area contributed by atoms with E-state index < -0.39 is 23.5 Å². The van der Waals surface area contributed by atoms with Crippen molar-refractivity contribution in [2.75, 3.05) is 0 Å². The molecule has 21 heavy (non-hydrogen) atoms. The van der Waals surface area contributed by atoms with Crippen LogP contribution < -0.4 is 10.9 Å². The predicted octanol–water partition coefficient (Wildman–Crippen LogP) is 1.07. The van der Waals surface area contributed by atoms with Crippen molar-refractivity contribution in [3.05, 3.63) is 70.3 Å². The number of hydrogen-bond donors (Lipinski definition) is 2. The second kappa shape index (κ2) is 6.51. The molecule has 0 saturated carbocycles. The van der Waals surface area contributed by atoms with Crippen molar-refractivity contribution >= 4 is 11.9 Å². The lowest BCUT2D eigenvalue weighted by atomic mass is 10.1. The number of carbonyl (C=O) groups is 2. The van der Waals surface area contributed by atoms with E-state index in [0.717, 1.165) is 17.9 Å². The second-order valence-electron chi connectivity index (χ2n) is 4.40. The molecule has 108 valence electrons. The van der Waals surface area contributed by atoms with Crippen molar-refractivity contribution in [3.63, 3.8) is 0 Å². The predicted molar refractivity (Wildman–Crippen MR) is 74.0 cm³/mol. The zero-order chi connectivity index (χ0) is 15.2. The summed E-state index contributed by atoms with van der Waals surface area (Å²) in [5, 5.41) is 11.6. The Hall–Kier alpha value is -2.89. The molecule has 2 aromatic rings. The van der Waals surface area contributed by atoms with Crippen molar-refractivity contribution in [1.29, 1.82) is 0 Å². The van der Waals surface area contributed by atoms with Crippen LogP contribution >= 0.6 is 0 Å². The van der Waals surface area contributed by atoms with E-state index >= 15 is 0 Å².